The Hall–Kier alpha value is -0.710. The van der Waals surface area contributed by atoms with E-state index in [9.17, 15) is 0 Å². The molecule has 0 aliphatic heterocycles. The molecule has 0 unspecified atom stereocenters. The van der Waals surface area contributed by atoms with Crippen molar-refractivity contribution >= 4 is 17.4 Å². The van der Waals surface area contributed by atoms with E-state index in [1.807, 2.05) is 12.1 Å². The van der Waals surface area contributed by atoms with Crippen LogP contribution in [0.15, 0.2) is 23.1 Å². The van der Waals surface area contributed by atoms with Gasteiger partial charge in [-0.2, -0.15) is 0 Å². The van der Waals surface area contributed by atoms with Crippen LogP contribution in [0.25, 0.3) is 0 Å². The number of nitrogen functional groups attached to an aromatic ring is 1. The largest absolute Gasteiger partial charge is 0.399 e. The molecular formula is C11H18N2OS. The molecule has 0 aliphatic carbocycles. The Kier molecular flexibility index (Phi) is 5.53. The maximum atomic E-state index is 5.67. The Morgan fingerprint density at radius 3 is 2.80 bits per heavy atom. The fourth-order valence-corrected chi connectivity index (χ4v) is 2.10. The van der Waals surface area contributed by atoms with Crippen molar-refractivity contribution in [2.75, 3.05) is 31.2 Å². The highest BCUT2D eigenvalue weighted by molar-refractivity contribution is 7.99. The summed E-state index contributed by atoms with van der Waals surface area (Å²) in [7, 11) is 0. The molecule has 1 rings (SSSR count). The Morgan fingerprint density at radius 2 is 2.13 bits per heavy atom. The van der Waals surface area contributed by atoms with E-state index in [1.165, 1.54) is 10.5 Å². The number of nitrogens with two attached hydrogens (primary N) is 2. The summed E-state index contributed by atoms with van der Waals surface area (Å²) >= 11 is 1.78. The molecule has 0 atom stereocenters. The minimum atomic E-state index is 0.589. The Balaban J connectivity index is 2.31. The van der Waals surface area contributed by atoms with Crippen molar-refractivity contribution in [3.63, 3.8) is 0 Å². The highest BCUT2D eigenvalue weighted by Crippen LogP contribution is 2.23. The summed E-state index contributed by atoms with van der Waals surface area (Å²) < 4.78 is 5.30. The van der Waals surface area contributed by atoms with Crippen molar-refractivity contribution < 1.29 is 4.74 Å². The molecule has 0 aliphatic rings. The normalized spacial score (nSPS) is 10.5. The van der Waals surface area contributed by atoms with Crippen molar-refractivity contribution in [2.45, 2.75) is 11.8 Å². The quantitative estimate of drug-likeness (QED) is 0.440. The molecule has 0 radical (unpaired) electrons. The standard InChI is InChI=1S/C11H18N2OS/c1-9-8-10(13)2-3-11(9)15-7-6-14-5-4-12/h2-3,8H,4-7,12-13H2,1H3. The maximum Gasteiger partial charge on any atom is 0.0589 e. The first-order chi connectivity index (χ1) is 7.24. The van der Waals surface area contributed by atoms with Crippen LogP contribution in [0, 0.1) is 6.92 Å². The molecule has 0 amide bonds. The van der Waals surface area contributed by atoms with E-state index in [1.54, 1.807) is 11.8 Å². The van der Waals surface area contributed by atoms with E-state index in [2.05, 4.69) is 13.0 Å². The molecule has 0 spiro atoms. The van der Waals surface area contributed by atoms with Crippen LogP contribution in [0.4, 0.5) is 5.69 Å². The van der Waals surface area contributed by atoms with Crippen LogP contribution >= 0.6 is 11.8 Å². The van der Waals surface area contributed by atoms with Gasteiger partial charge in [0.2, 0.25) is 0 Å². The van der Waals surface area contributed by atoms with E-state index in [-0.39, 0.29) is 0 Å². The first kappa shape index (κ1) is 12.4. The van der Waals surface area contributed by atoms with Crippen LogP contribution in [0.2, 0.25) is 0 Å². The monoisotopic (exact) mass is 226 g/mol. The van der Waals surface area contributed by atoms with Gasteiger partial charge in [0.05, 0.1) is 13.2 Å². The lowest BCUT2D eigenvalue weighted by Crippen LogP contribution is -2.09. The summed E-state index contributed by atoms with van der Waals surface area (Å²) in [6, 6.07) is 5.97. The zero-order chi connectivity index (χ0) is 11.1. The number of ether oxygens (including phenoxy) is 1. The van der Waals surface area contributed by atoms with Gasteiger partial charge in [-0.15, -0.1) is 11.8 Å². The molecule has 0 aromatic heterocycles. The molecule has 15 heavy (non-hydrogen) atoms. The van der Waals surface area contributed by atoms with Gasteiger partial charge >= 0.3 is 0 Å². The highest BCUT2D eigenvalue weighted by atomic mass is 32.2. The third-order valence-corrected chi connectivity index (χ3v) is 3.09. The number of hydrogen-bond acceptors (Lipinski definition) is 4. The molecule has 0 fully saturated rings. The second kappa shape index (κ2) is 6.71. The molecule has 0 bridgehead atoms. The summed E-state index contributed by atoms with van der Waals surface area (Å²) in [6.07, 6.45) is 0. The smallest absolute Gasteiger partial charge is 0.0589 e. The van der Waals surface area contributed by atoms with Crippen molar-refractivity contribution in [3.8, 4) is 0 Å². The molecular weight excluding hydrogens is 208 g/mol. The predicted molar refractivity (Wildman–Crippen MR) is 66.2 cm³/mol. The molecule has 0 saturated carbocycles. The van der Waals surface area contributed by atoms with E-state index < -0.39 is 0 Å². The summed E-state index contributed by atoms with van der Waals surface area (Å²) in [5, 5.41) is 0. The van der Waals surface area contributed by atoms with Crippen molar-refractivity contribution in [1.29, 1.82) is 0 Å². The van der Waals surface area contributed by atoms with Crippen LogP contribution < -0.4 is 11.5 Å². The van der Waals surface area contributed by atoms with Crippen molar-refractivity contribution in [1.82, 2.24) is 0 Å². The van der Waals surface area contributed by atoms with Crippen LogP contribution in [0.5, 0.6) is 0 Å². The molecule has 1 aromatic carbocycles. The van der Waals surface area contributed by atoms with Crippen LogP contribution in [0.3, 0.4) is 0 Å². The molecule has 4 N–H and O–H groups in total. The van der Waals surface area contributed by atoms with E-state index >= 15 is 0 Å². The van der Waals surface area contributed by atoms with E-state index in [4.69, 9.17) is 16.2 Å². The van der Waals surface area contributed by atoms with Crippen LogP contribution in [-0.2, 0) is 4.74 Å². The molecule has 84 valence electrons. The third kappa shape index (κ3) is 4.55. The van der Waals surface area contributed by atoms with Crippen molar-refractivity contribution in [3.05, 3.63) is 23.8 Å². The van der Waals surface area contributed by atoms with Gasteiger partial charge in [0.1, 0.15) is 0 Å². The van der Waals surface area contributed by atoms with Gasteiger partial charge in [-0.3, -0.25) is 0 Å². The second-order valence-corrected chi connectivity index (χ2v) is 4.41. The first-order valence-corrected chi connectivity index (χ1v) is 5.99. The van der Waals surface area contributed by atoms with Gasteiger partial charge in [0, 0.05) is 22.9 Å². The van der Waals surface area contributed by atoms with Gasteiger partial charge in [-0.1, -0.05) is 0 Å². The lowest BCUT2D eigenvalue weighted by molar-refractivity contribution is 0.158. The first-order valence-electron chi connectivity index (χ1n) is 5.01. The second-order valence-electron chi connectivity index (χ2n) is 3.27. The molecule has 4 heteroatoms. The molecule has 0 heterocycles. The number of benzene rings is 1. The SMILES string of the molecule is Cc1cc(N)ccc1SCCOCCN. The lowest BCUT2D eigenvalue weighted by atomic mass is 10.2. The van der Waals surface area contributed by atoms with E-state index in [0.717, 1.165) is 18.0 Å². The number of anilines is 1. The summed E-state index contributed by atoms with van der Waals surface area (Å²) in [5.74, 6) is 0.949. The molecule has 1 aromatic rings. The fraction of sp³-hybridized carbons (Fsp3) is 0.455. The Bertz CT molecular complexity index is 305. The third-order valence-electron chi connectivity index (χ3n) is 1.95. The zero-order valence-corrected chi connectivity index (χ0v) is 9.85. The van der Waals surface area contributed by atoms with E-state index in [0.29, 0.717) is 13.2 Å². The molecule has 3 nitrogen and oxygen atoms in total. The zero-order valence-electron chi connectivity index (χ0n) is 9.03. The van der Waals surface area contributed by atoms with Crippen LogP contribution in [-0.4, -0.2) is 25.5 Å². The van der Waals surface area contributed by atoms with Gasteiger partial charge in [-0.05, 0) is 30.7 Å². The van der Waals surface area contributed by atoms with Crippen LogP contribution in [0.1, 0.15) is 5.56 Å². The summed E-state index contributed by atoms with van der Waals surface area (Å²) in [6.45, 7) is 4.04. The minimum absolute atomic E-state index is 0.589. The maximum absolute atomic E-state index is 5.67. The number of hydrogen-bond donors (Lipinski definition) is 2. The summed E-state index contributed by atoms with van der Waals surface area (Å²) in [5.41, 5.74) is 13.0. The average Bonchev–Trinajstić information content (AvgIpc) is 2.20. The van der Waals surface area contributed by atoms with Gasteiger partial charge < -0.3 is 16.2 Å². The number of rotatable bonds is 6. The van der Waals surface area contributed by atoms with Gasteiger partial charge in [0.15, 0.2) is 0 Å². The Labute approximate surface area is 95.2 Å². The summed E-state index contributed by atoms with van der Waals surface area (Å²) in [4.78, 5) is 1.26. The van der Waals surface area contributed by atoms with Gasteiger partial charge in [-0.25, -0.2) is 0 Å². The number of aryl methyl sites for hydroxylation is 1. The Morgan fingerprint density at radius 1 is 1.33 bits per heavy atom. The fourth-order valence-electron chi connectivity index (χ4n) is 1.23. The highest BCUT2D eigenvalue weighted by Gasteiger charge is 1.99. The average molecular weight is 226 g/mol. The molecule has 0 saturated heterocycles. The topological polar surface area (TPSA) is 61.3 Å². The number of thioether (sulfide) groups is 1. The predicted octanol–water partition coefficient (Wildman–Crippen LogP) is 1.64. The minimum Gasteiger partial charge on any atom is -0.399 e. The van der Waals surface area contributed by atoms with Crippen molar-refractivity contribution in [2.24, 2.45) is 5.73 Å². The van der Waals surface area contributed by atoms with Gasteiger partial charge in [0.25, 0.3) is 0 Å². The lowest BCUT2D eigenvalue weighted by Gasteiger charge is -2.06.